The molecule has 1 fully saturated rings. The molecule has 3 atom stereocenters. The number of carbonyl (C=O) groups is 2. The Morgan fingerprint density at radius 1 is 1.27 bits per heavy atom. The second-order valence-electron chi connectivity index (χ2n) is 7.94. The summed E-state index contributed by atoms with van der Waals surface area (Å²) >= 11 is 0. The fraction of sp³-hybridized carbons (Fsp3) is 0.571. The molecule has 0 spiro atoms. The summed E-state index contributed by atoms with van der Waals surface area (Å²) < 4.78 is 31.8. The van der Waals surface area contributed by atoms with Crippen LogP contribution in [0.15, 0.2) is 34.2 Å². The first-order valence-electron chi connectivity index (χ1n) is 10.4. The van der Waals surface area contributed by atoms with Crippen molar-refractivity contribution in [2.75, 3.05) is 6.54 Å². The fourth-order valence-electron chi connectivity index (χ4n) is 3.81. The van der Waals surface area contributed by atoms with Gasteiger partial charge in [0.2, 0.25) is 0 Å². The number of hydrogen-bond acceptors (Lipinski definition) is 6. The molecule has 0 bridgehead atoms. The molecule has 164 valence electrons. The van der Waals surface area contributed by atoms with Crippen LogP contribution in [0.2, 0.25) is 0 Å². The summed E-state index contributed by atoms with van der Waals surface area (Å²) in [4.78, 5) is 28.8. The zero-order valence-corrected chi connectivity index (χ0v) is 18.2. The van der Waals surface area contributed by atoms with Crippen LogP contribution in [0.1, 0.15) is 57.9 Å². The Bertz CT molecular complexity index is 928. The first-order chi connectivity index (χ1) is 14.3. The molecular weight excluding hydrogens is 406 g/mol. The molecule has 1 aromatic carbocycles. The number of fused-ring (bicyclic) bond motifs is 1. The van der Waals surface area contributed by atoms with Gasteiger partial charge >= 0.3 is 5.97 Å². The lowest BCUT2D eigenvalue weighted by molar-refractivity contribution is -0.155. The molecule has 30 heavy (non-hydrogen) atoms. The van der Waals surface area contributed by atoms with E-state index in [0.29, 0.717) is 17.9 Å². The third kappa shape index (κ3) is 5.38. The predicted octanol–water partition coefficient (Wildman–Crippen LogP) is 2.13. The number of benzene rings is 1. The standard InChI is InChI=1S/C21H29N3O5S/c1-14-8-3-5-10-17(14)23-21(26)15(2)29-19(25)12-7-13-22-20-16-9-4-6-11-18(16)30(27,28)24-20/h4,6,9,11,14-15,17H,3,5,7-8,10,12-13H2,1-2H3,(H,22,24)(H,23,26)/t14-,15+,17-/m1/s1. The second kappa shape index (κ2) is 9.59. The molecule has 1 aliphatic carbocycles. The number of amidine groups is 1. The van der Waals surface area contributed by atoms with E-state index in [-0.39, 0.29) is 35.6 Å². The summed E-state index contributed by atoms with van der Waals surface area (Å²) in [6, 6.07) is 6.75. The normalized spacial score (nSPS) is 24.5. The largest absolute Gasteiger partial charge is 0.453 e. The second-order valence-corrected chi connectivity index (χ2v) is 9.60. The average Bonchev–Trinajstić information content (AvgIpc) is 2.97. The highest BCUT2D eigenvalue weighted by Crippen LogP contribution is 2.24. The van der Waals surface area contributed by atoms with Crippen molar-refractivity contribution >= 4 is 27.7 Å². The van der Waals surface area contributed by atoms with Gasteiger partial charge in [0.1, 0.15) is 5.84 Å². The number of sulfonamides is 1. The highest BCUT2D eigenvalue weighted by molar-refractivity contribution is 7.90. The number of esters is 1. The van der Waals surface area contributed by atoms with E-state index in [4.69, 9.17) is 4.74 Å². The third-order valence-corrected chi connectivity index (χ3v) is 6.99. The van der Waals surface area contributed by atoms with Crippen molar-refractivity contribution in [1.82, 2.24) is 10.0 Å². The number of nitrogens with zero attached hydrogens (tertiary/aromatic N) is 1. The zero-order valence-electron chi connectivity index (χ0n) is 17.4. The zero-order chi connectivity index (χ0) is 21.7. The van der Waals surface area contributed by atoms with E-state index in [1.807, 2.05) is 0 Å². The quantitative estimate of drug-likeness (QED) is 0.503. The van der Waals surface area contributed by atoms with Crippen molar-refractivity contribution < 1.29 is 22.7 Å². The van der Waals surface area contributed by atoms with Crippen LogP contribution in [0.4, 0.5) is 0 Å². The summed E-state index contributed by atoms with van der Waals surface area (Å²) in [6.45, 7) is 3.97. The summed E-state index contributed by atoms with van der Waals surface area (Å²) in [6.07, 6.45) is 4.00. The number of carbonyl (C=O) groups excluding carboxylic acids is 2. The first kappa shape index (κ1) is 22.3. The van der Waals surface area contributed by atoms with Crippen LogP contribution >= 0.6 is 0 Å². The van der Waals surface area contributed by atoms with Crippen LogP contribution in [0.3, 0.4) is 0 Å². The molecule has 0 radical (unpaired) electrons. The Balaban J connectivity index is 1.43. The van der Waals surface area contributed by atoms with Crippen LogP contribution in [0.25, 0.3) is 0 Å². The molecule has 2 N–H and O–H groups in total. The maximum atomic E-state index is 12.3. The summed E-state index contributed by atoms with van der Waals surface area (Å²) in [5, 5.41) is 2.99. The lowest BCUT2D eigenvalue weighted by Crippen LogP contribution is -2.45. The number of amides is 1. The van der Waals surface area contributed by atoms with Gasteiger partial charge in [-0.2, -0.15) is 0 Å². The molecule has 1 amide bonds. The van der Waals surface area contributed by atoms with E-state index in [9.17, 15) is 18.0 Å². The van der Waals surface area contributed by atoms with Gasteiger partial charge in [-0.1, -0.05) is 31.9 Å². The van der Waals surface area contributed by atoms with Crippen molar-refractivity contribution in [2.24, 2.45) is 10.9 Å². The molecule has 0 unspecified atom stereocenters. The molecule has 3 rings (SSSR count). The highest BCUT2D eigenvalue weighted by Gasteiger charge is 2.30. The average molecular weight is 436 g/mol. The Labute approximate surface area is 177 Å². The van der Waals surface area contributed by atoms with Crippen LogP contribution < -0.4 is 10.0 Å². The Morgan fingerprint density at radius 2 is 2.00 bits per heavy atom. The maximum absolute atomic E-state index is 12.3. The lowest BCUT2D eigenvalue weighted by atomic mass is 9.86. The molecular formula is C21H29N3O5S. The van der Waals surface area contributed by atoms with E-state index in [1.165, 1.54) is 12.5 Å². The number of nitrogens with one attached hydrogen (secondary N) is 2. The van der Waals surface area contributed by atoms with Crippen molar-refractivity contribution in [3.8, 4) is 0 Å². The van der Waals surface area contributed by atoms with Gasteiger partial charge in [0.05, 0.1) is 4.90 Å². The number of rotatable bonds is 7. The Morgan fingerprint density at radius 3 is 2.77 bits per heavy atom. The van der Waals surface area contributed by atoms with Crippen LogP contribution in [-0.2, 0) is 24.3 Å². The molecule has 1 aliphatic heterocycles. The summed E-state index contributed by atoms with van der Waals surface area (Å²) in [7, 11) is -3.57. The monoisotopic (exact) mass is 435 g/mol. The van der Waals surface area contributed by atoms with Gasteiger partial charge in [-0.25, -0.2) is 8.42 Å². The molecule has 2 aliphatic rings. The van der Waals surface area contributed by atoms with E-state index in [1.54, 1.807) is 25.1 Å². The van der Waals surface area contributed by atoms with Crippen molar-refractivity contribution in [2.45, 2.75) is 69.4 Å². The molecule has 9 heteroatoms. The van der Waals surface area contributed by atoms with Gasteiger partial charge in [0.15, 0.2) is 6.10 Å². The van der Waals surface area contributed by atoms with Gasteiger partial charge in [0, 0.05) is 24.6 Å². The van der Waals surface area contributed by atoms with Crippen molar-refractivity contribution in [3.63, 3.8) is 0 Å². The number of ether oxygens (including phenoxy) is 1. The molecule has 0 aromatic heterocycles. The Kier molecular flexibility index (Phi) is 7.12. The minimum absolute atomic E-state index is 0.0998. The molecule has 1 saturated carbocycles. The van der Waals surface area contributed by atoms with Gasteiger partial charge in [-0.15, -0.1) is 0 Å². The molecule has 0 saturated heterocycles. The minimum Gasteiger partial charge on any atom is -0.453 e. The molecule has 1 heterocycles. The Hall–Kier alpha value is -2.42. The minimum atomic E-state index is -3.57. The topological polar surface area (TPSA) is 114 Å². The van der Waals surface area contributed by atoms with Crippen LogP contribution in [-0.4, -0.2) is 44.8 Å². The van der Waals surface area contributed by atoms with E-state index in [0.717, 1.165) is 19.3 Å². The summed E-state index contributed by atoms with van der Waals surface area (Å²) in [5.74, 6) is -0.0163. The van der Waals surface area contributed by atoms with Crippen molar-refractivity contribution in [1.29, 1.82) is 0 Å². The number of aliphatic imine (C=N–C) groups is 1. The molecule has 8 nitrogen and oxygen atoms in total. The van der Waals surface area contributed by atoms with Gasteiger partial charge in [0.25, 0.3) is 15.9 Å². The first-order valence-corrected chi connectivity index (χ1v) is 11.9. The lowest BCUT2D eigenvalue weighted by Gasteiger charge is -2.30. The van der Waals surface area contributed by atoms with Crippen LogP contribution in [0.5, 0.6) is 0 Å². The van der Waals surface area contributed by atoms with E-state index in [2.05, 4.69) is 22.0 Å². The summed E-state index contributed by atoms with van der Waals surface area (Å²) in [5.41, 5.74) is 0.530. The van der Waals surface area contributed by atoms with Gasteiger partial charge in [-0.05, 0) is 44.2 Å². The van der Waals surface area contributed by atoms with Gasteiger partial charge in [-0.3, -0.25) is 19.3 Å². The smallest absolute Gasteiger partial charge is 0.306 e. The maximum Gasteiger partial charge on any atom is 0.306 e. The van der Waals surface area contributed by atoms with E-state index < -0.39 is 22.1 Å². The van der Waals surface area contributed by atoms with Crippen molar-refractivity contribution in [3.05, 3.63) is 29.8 Å². The molecule has 1 aromatic rings. The van der Waals surface area contributed by atoms with Crippen LogP contribution in [0, 0.1) is 5.92 Å². The number of hydrogen-bond donors (Lipinski definition) is 2. The SMILES string of the molecule is C[C@H](OC(=O)CCCN=C1NS(=O)(=O)c2ccccc21)C(=O)N[C@@H]1CCCC[C@H]1C. The predicted molar refractivity (Wildman–Crippen MR) is 113 cm³/mol. The van der Waals surface area contributed by atoms with E-state index >= 15 is 0 Å². The third-order valence-electron chi connectivity index (χ3n) is 5.59. The van der Waals surface area contributed by atoms with Gasteiger partial charge < -0.3 is 10.1 Å². The highest BCUT2D eigenvalue weighted by atomic mass is 32.2. The fourth-order valence-corrected chi connectivity index (χ4v) is 5.06.